The lowest BCUT2D eigenvalue weighted by Crippen LogP contribution is -2.33. The van der Waals surface area contributed by atoms with Crippen molar-refractivity contribution in [3.05, 3.63) is 6.33 Å². The highest BCUT2D eigenvalue weighted by Gasteiger charge is 2.19. The minimum Gasteiger partial charge on any atom is -0.490 e. The van der Waals surface area contributed by atoms with Gasteiger partial charge in [0.05, 0.1) is 19.6 Å². The van der Waals surface area contributed by atoms with E-state index in [0.29, 0.717) is 30.4 Å². The maximum absolute atomic E-state index is 8.72. The Bertz CT molecular complexity index is 427. The third-order valence-electron chi connectivity index (χ3n) is 2.59. The Hall–Kier alpha value is -2.03. The number of nitrogens with zero attached hydrogens (tertiary/aromatic N) is 4. The molecule has 98 valence electrons. The lowest BCUT2D eigenvalue weighted by Gasteiger charge is -2.28. The molecule has 1 aromatic rings. The van der Waals surface area contributed by atoms with Crippen molar-refractivity contribution in [2.24, 2.45) is 0 Å². The number of nitrogens with one attached hydrogen (secondary N) is 1. The van der Waals surface area contributed by atoms with Gasteiger partial charge in [-0.3, -0.25) is 0 Å². The Kier molecular flexibility index (Phi) is 5.18. The molecule has 0 aromatic carbocycles. The van der Waals surface area contributed by atoms with Gasteiger partial charge in [0, 0.05) is 19.6 Å². The Morgan fingerprint density at radius 1 is 1.50 bits per heavy atom. The summed E-state index contributed by atoms with van der Waals surface area (Å²) in [5, 5.41) is 11.7. The van der Waals surface area contributed by atoms with Crippen LogP contribution in [-0.4, -0.2) is 36.7 Å². The monoisotopic (exact) mass is 249 g/mol. The van der Waals surface area contributed by atoms with E-state index in [9.17, 15) is 0 Å². The molecule has 0 saturated carbocycles. The number of ether oxygens (including phenoxy) is 1. The van der Waals surface area contributed by atoms with E-state index in [2.05, 4.69) is 35.2 Å². The summed E-state index contributed by atoms with van der Waals surface area (Å²) in [6.07, 6.45) is 1.94. The average molecular weight is 249 g/mol. The van der Waals surface area contributed by atoms with Gasteiger partial charge in [-0.25, -0.2) is 9.97 Å². The summed E-state index contributed by atoms with van der Waals surface area (Å²) in [7, 11) is 3.37. The summed E-state index contributed by atoms with van der Waals surface area (Å²) < 4.78 is 5.37. The molecular formula is C12H19N5O. The first-order chi connectivity index (χ1) is 8.65. The van der Waals surface area contributed by atoms with Crippen LogP contribution in [0.4, 0.5) is 11.6 Å². The summed E-state index contributed by atoms with van der Waals surface area (Å²) in [4.78, 5) is 10.4. The zero-order valence-corrected chi connectivity index (χ0v) is 11.3. The van der Waals surface area contributed by atoms with Gasteiger partial charge in [0.1, 0.15) is 6.33 Å². The third kappa shape index (κ3) is 3.00. The van der Waals surface area contributed by atoms with E-state index < -0.39 is 0 Å². The zero-order valence-electron chi connectivity index (χ0n) is 11.3. The largest absolute Gasteiger partial charge is 0.490 e. The molecule has 0 aliphatic heterocycles. The molecule has 6 heteroatoms. The van der Waals surface area contributed by atoms with Crippen LogP contribution in [0.15, 0.2) is 6.33 Å². The highest BCUT2D eigenvalue weighted by atomic mass is 16.5. The van der Waals surface area contributed by atoms with Crippen molar-refractivity contribution in [2.45, 2.75) is 26.3 Å². The van der Waals surface area contributed by atoms with Crippen LogP contribution in [-0.2, 0) is 0 Å². The van der Waals surface area contributed by atoms with Crippen molar-refractivity contribution in [1.82, 2.24) is 9.97 Å². The van der Waals surface area contributed by atoms with Gasteiger partial charge in [-0.1, -0.05) is 0 Å². The second-order valence-corrected chi connectivity index (χ2v) is 4.02. The maximum Gasteiger partial charge on any atom is 0.204 e. The average Bonchev–Trinajstić information content (AvgIpc) is 2.38. The van der Waals surface area contributed by atoms with Crippen LogP contribution in [0.25, 0.3) is 0 Å². The molecule has 1 N–H and O–H groups in total. The molecule has 18 heavy (non-hydrogen) atoms. The van der Waals surface area contributed by atoms with Gasteiger partial charge >= 0.3 is 0 Å². The lowest BCUT2D eigenvalue weighted by molar-refractivity contribution is 0.411. The molecule has 0 spiro atoms. The number of rotatable bonds is 6. The van der Waals surface area contributed by atoms with Gasteiger partial charge in [0.25, 0.3) is 0 Å². The van der Waals surface area contributed by atoms with Crippen molar-refractivity contribution in [2.75, 3.05) is 30.9 Å². The van der Waals surface area contributed by atoms with E-state index in [1.165, 1.54) is 6.33 Å². The van der Waals surface area contributed by atoms with Gasteiger partial charge in [-0.2, -0.15) is 5.26 Å². The van der Waals surface area contributed by atoms with Gasteiger partial charge in [-0.15, -0.1) is 0 Å². The Balaban J connectivity index is 3.15. The summed E-state index contributed by atoms with van der Waals surface area (Å²) in [5.74, 6) is 1.96. The SMILES string of the molecule is CNc1ncnc(N(CCC#N)C(C)C)c1OC. The van der Waals surface area contributed by atoms with E-state index in [1.54, 1.807) is 14.2 Å². The highest BCUT2D eigenvalue weighted by Crippen LogP contribution is 2.32. The van der Waals surface area contributed by atoms with Crippen LogP contribution in [0.3, 0.4) is 0 Å². The summed E-state index contributed by atoms with van der Waals surface area (Å²) in [5.41, 5.74) is 0. The van der Waals surface area contributed by atoms with Crippen LogP contribution in [0, 0.1) is 11.3 Å². The van der Waals surface area contributed by atoms with E-state index >= 15 is 0 Å². The molecule has 0 amide bonds. The van der Waals surface area contributed by atoms with Crippen LogP contribution in [0.5, 0.6) is 5.75 Å². The second kappa shape index (κ2) is 6.64. The molecule has 0 atom stereocenters. The van der Waals surface area contributed by atoms with Gasteiger partial charge < -0.3 is 15.0 Å². The molecule has 1 rings (SSSR count). The highest BCUT2D eigenvalue weighted by molar-refractivity contribution is 5.64. The van der Waals surface area contributed by atoms with Gasteiger partial charge in [0.2, 0.25) is 5.75 Å². The quantitative estimate of drug-likeness (QED) is 0.826. The van der Waals surface area contributed by atoms with E-state index in [4.69, 9.17) is 10.00 Å². The fourth-order valence-corrected chi connectivity index (χ4v) is 1.71. The molecule has 1 heterocycles. The molecule has 1 aromatic heterocycles. The maximum atomic E-state index is 8.72. The van der Waals surface area contributed by atoms with Crippen molar-refractivity contribution < 1.29 is 4.74 Å². The number of hydrogen-bond donors (Lipinski definition) is 1. The minimum absolute atomic E-state index is 0.229. The molecule has 0 bridgehead atoms. The van der Waals surface area contributed by atoms with Gasteiger partial charge in [-0.05, 0) is 13.8 Å². The first kappa shape index (κ1) is 14.0. The Morgan fingerprint density at radius 3 is 2.72 bits per heavy atom. The van der Waals surface area contributed by atoms with Crippen LogP contribution < -0.4 is 15.0 Å². The number of hydrogen-bond acceptors (Lipinski definition) is 6. The van der Waals surface area contributed by atoms with E-state index in [1.807, 2.05) is 4.90 Å². The fourth-order valence-electron chi connectivity index (χ4n) is 1.71. The number of aromatic nitrogens is 2. The molecule has 0 saturated heterocycles. The molecule has 0 aliphatic carbocycles. The molecule has 0 fully saturated rings. The molecular weight excluding hydrogens is 230 g/mol. The predicted molar refractivity (Wildman–Crippen MR) is 70.8 cm³/mol. The van der Waals surface area contributed by atoms with E-state index in [0.717, 1.165) is 0 Å². The topological polar surface area (TPSA) is 74.1 Å². The first-order valence-electron chi connectivity index (χ1n) is 5.86. The molecule has 0 unspecified atom stereocenters. The molecule has 0 aliphatic rings. The fraction of sp³-hybridized carbons (Fsp3) is 0.583. The van der Waals surface area contributed by atoms with E-state index in [-0.39, 0.29) is 6.04 Å². The second-order valence-electron chi connectivity index (χ2n) is 4.02. The van der Waals surface area contributed by atoms with Crippen LogP contribution >= 0.6 is 0 Å². The molecule has 0 radical (unpaired) electrons. The number of anilines is 2. The van der Waals surface area contributed by atoms with Crippen molar-refractivity contribution in [3.8, 4) is 11.8 Å². The van der Waals surface area contributed by atoms with Crippen molar-refractivity contribution >= 4 is 11.6 Å². The minimum atomic E-state index is 0.229. The number of nitriles is 1. The standard InChI is InChI=1S/C12H19N5O/c1-9(2)17(7-5-6-13)12-10(18-4)11(14-3)15-8-16-12/h8-9H,5,7H2,1-4H3,(H,14,15,16). The van der Waals surface area contributed by atoms with Crippen molar-refractivity contribution in [1.29, 1.82) is 5.26 Å². The number of methoxy groups -OCH3 is 1. The lowest BCUT2D eigenvalue weighted by atomic mass is 10.2. The smallest absolute Gasteiger partial charge is 0.204 e. The third-order valence-corrected chi connectivity index (χ3v) is 2.59. The van der Waals surface area contributed by atoms with Gasteiger partial charge in [0.15, 0.2) is 11.6 Å². The first-order valence-corrected chi connectivity index (χ1v) is 5.86. The zero-order chi connectivity index (χ0) is 13.5. The molecule has 6 nitrogen and oxygen atoms in total. The Labute approximate surface area is 108 Å². The normalized spacial score (nSPS) is 10.0. The predicted octanol–water partition coefficient (Wildman–Crippen LogP) is 1.66. The van der Waals surface area contributed by atoms with Crippen molar-refractivity contribution in [3.63, 3.8) is 0 Å². The van der Waals surface area contributed by atoms with Crippen LogP contribution in [0.2, 0.25) is 0 Å². The summed E-state index contributed by atoms with van der Waals surface area (Å²) in [6.45, 7) is 4.72. The summed E-state index contributed by atoms with van der Waals surface area (Å²) >= 11 is 0. The van der Waals surface area contributed by atoms with Crippen LogP contribution in [0.1, 0.15) is 20.3 Å². The Morgan fingerprint density at radius 2 is 2.22 bits per heavy atom. The summed E-state index contributed by atoms with van der Waals surface area (Å²) in [6, 6.07) is 2.38.